The molecule has 8 nitrogen and oxygen atoms in total. The van der Waals surface area contributed by atoms with Gasteiger partial charge in [0.2, 0.25) is 16.8 Å². The number of nitrogens with zero attached hydrogens (tertiary/aromatic N) is 2. The predicted octanol–water partition coefficient (Wildman–Crippen LogP) is 3.03. The van der Waals surface area contributed by atoms with Crippen molar-refractivity contribution in [2.24, 2.45) is 5.10 Å². The lowest BCUT2D eigenvalue weighted by molar-refractivity contribution is -0.124. The molecule has 0 spiro atoms. The smallest absolute Gasteiger partial charge is 0.258 e. The van der Waals surface area contributed by atoms with Gasteiger partial charge in [0.1, 0.15) is 6.04 Å². The summed E-state index contributed by atoms with van der Waals surface area (Å²) in [5.74, 6) is 0.552. The number of rotatable bonds is 5. The van der Waals surface area contributed by atoms with Gasteiger partial charge in [0, 0.05) is 23.2 Å². The van der Waals surface area contributed by atoms with Gasteiger partial charge in [-0.25, -0.2) is 13.8 Å². The zero-order chi connectivity index (χ0) is 21.3. The Morgan fingerprint density at radius 1 is 1.17 bits per heavy atom. The lowest BCUT2D eigenvalue weighted by Gasteiger charge is -2.22. The van der Waals surface area contributed by atoms with Gasteiger partial charge in [-0.15, -0.1) is 0 Å². The number of carbonyl (C=O) groups is 1. The van der Waals surface area contributed by atoms with Crippen LogP contribution in [0.15, 0.2) is 46.4 Å². The third-order valence-electron chi connectivity index (χ3n) is 4.80. The van der Waals surface area contributed by atoms with Crippen molar-refractivity contribution in [2.75, 3.05) is 13.3 Å². The van der Waals surface area contributed by atoms with E-state index in [1.165, 1.54) is 34.8 Å². The largest absolute Gasteiger partial charge is 0.454 e. The molecular formula is C19H17Cl2N3O5S. The van der Waals surface area contributed by atoms with E-state index in [-0.39, 0.29) is 18.2 Å². The van der Waals surface area contributed by atoms with Crippen LogP contribution in [0.25, 0.3) is 0 Å². The molecule has 0 saturated carbocycles. The van der Waals surface area contributed by atoms with Crippen molar-refractivity contribution in [1.82, 2.24) is 9.73 Å². The molecule has 158 valence electrons. The zero-order valence-electron chi connectivity index (χ0n) is 15.5. The molecule has 1 saturated heterocycles. The van der Waals surface area contributed by atoms with Gasteiger partial charge in [-0.3, -0.25) is 4.79 Å². The molecule has 1 N–H and O–H groups in total. The summed E-state index contributed by atoms with van der Waals surface area (Å²) in [6.07, 6.45) is 2.34. The molecule has 0 radical (unpaired) electrons. The van der Waals surface area contributed by atoms with Crippen LogP contribution < -0.4 is 14.9 Å². The van der Waals surface area contributed by atoms with Crippen LogP contribution in [0.5, 0.6) is 11.5 Å². The van der Waals surface area contributed by atoms with Crippen LogP contribution >= 0.6 is 23.2 Å². The van der Waals surface area contributed by atoms with Crippen LogP contribution in [0.2, 0.25) is 10.0 Å². The number of sulfonamides is 1. The Bertz CT molecular complexity index is 1110. The summed E-state index contributed by atoms with van der Waals surface area (Å²) in [5.41, 5.74) is 2.93. The summed E-state index contributed by atoms with van der Waals surface area (Å²) in [6.45, 7) is 0.364. The molecule has 2 heterocycles. The van der Waals surface area contributed by atoms with Crippen molar-refractivity contribution in [2.45, 2.75) is 23.8 Å². The van der Waals surface area contributed by atoms with Crippen molar-refractivity contribution >= 4 is 45.3 Å². The van der Waals surface area contributed by atoms with E-state index in [2.05, 4.69) is 10.5 Å². The highest BCUT2D eigenvalue weighted by atomic mass is 35.5. The third kappa shape index (κ3) is 4.11. The number of hydrogen-bond donors (Lipinski definition) is 1. The van der Waals surface area contributed by atoms with Crippen molar-refractivity contribution in [3.63, 3.8) is 0 Å². The molecule has 0 unspecified atom stereocenters. The van der Waals surface area contributed by atoms with E-state index in [0.29, 0.717) is 39.9 Å². The predicted molar refractivity (Wildman–Crippen MR) is 112 cm³/mol. The van der Waals surface area contributed by atoms with Crippen LogP contribution in [0.4, 0.5) is 0 Å². The summed E-state index contributed by atoms with van der Waals surface area (Å²) in [4.78, 5) is 12.7. The first-order valence-electron chi connectivity index (χ1n) is 9.06. The molecule has 2 aliphatic heterocycles. The fourth-order valence-electron chi connectivity index (χ4n) is 3.30. The highest BCUT2D eigenvalue weighted by Gasteiger charge is 2.39. The summed E-state index contributed by atoms with van der Waals surface area (Å²) < 4.78 is 37.6. The molecule has 0 aromatic heterocycles. The first kappa shape index (κ1) is 20.9. The van der Waals surface area contributed by atoms with E-state index in [1.54, 1.807) is 12.1 Å². The van der Waals surface area contributed by atoms with Gasteiger partial charge >= 0.3 is 0 Å². The van der Waals surface area contributed by atoms with E-state index in [4.69, 9.17) is 32.7 Å². The molecule has 0 aliphatic carbocycles. The minimum Gasteiger partial charge on any atom is -0.454 e. The fourth-order valence-corrected chi connectivity index (χ4v) is 5.29. The average Bonchev–Trinajstić information content (AvgIpc) is 3.38. The maximum Gasteiger partial charge on any atom is 0.258 e. The lowest BCUT2D eigenvalue weighted by Crippen LogP contribution is -2.44. The SMILES string of the molecule is O=C(N/N=C\c1cc2c(cc1Cl)OCO2)[C@H]1CCCN1S(=O)(=O)c1ccc(Cl)cc1. The monoisotopic (exact) mass is 469 g/mol. The number of nitrogens with one attached hydrogen (secondary N) is 1. The zero-order valence-corrected chi connectivity index (χ0v) is 17.9. The van der Waals surface area contributed by atoms with E-state index in [0.717, 1.165) is 0 Å². The second kappa shape index (κ2) is 8.43. The lowest BCUT2D eigenvalue weighted by atomic mass is 10.2. The minimum atomic E-state index is -3.83. The highest BCUT2D eigenvalue weighted by Crippen LogP contribution is 2.36. The Morgan fingerprint density at radius 2 is 1.87 bits per heavy atom. The second-order valence-corrected chi connectivity index (χ2v) is 9.42. The van der Waals surface area contributed by atoms with E-state index >= 15 is 0 Å². The summed E-state index contributed by atoms with van der Waals surface area (Å²) in [7, 11) is -3.83. The van der Waals surface area contributed by atoms with Crippen LogP contribution in [0.3, 0.4) is 0 Å². The van der Waals surface area contributed by atoms with Gasteiger partial charge in [-0.2, -0.15) is 9.41 Å². The van der Waals surface area contributed by atoms with Crippen LogP contribution in [-0.2, 0) is 14.8 Å². The fraction of sp³-hybridized carbons (Fsp3) is 0.263. The van der Waals surface area contributed by atoms with Gasteiger partial charge < -0.3 is 9.47 Å². The number of halogens is 2. The van der Waals surface area contributed by atoms with Crippen molar-refractivity contribution in [3.8, 4) is 11.5 Å². The Labute approximate surface area is 183 Å². The number of benzene rings is 2. The molecule has 2 aliphatic rings. The Kier molecular flexibility index (Phi) is 5.88. The Morgan fingerprint density at radius 3 is 2.60 bits per heavy atom. The first-order chi connectivity index (χ1) is 14.4. The maximum absolute atomic E-state index is 12.9. The van der Waals surface area contributed by atoms with Gasteiger partial charge in [0.05, 0.1) is 16.1 Å². The molecule has 1 atom stereocenters. The van der Waals surface area contributed by atoms with Crippen molar-refractivity contribution in [1.29, 1.82) is 0 Å². The molecule has 11 heteroatoms. The summed E-state index contributed by atoms with van der Waals surface area (Å²) in [5, 5.41) is 4.74. The molecule has 1 fully saturated rings. The van der Waals surface area contributed by atoms with Crippen LogP contribution in [0, 0.1) is 0 Å². The molecule has 30 heavy (non-hydrogen) atoms. The van der Waals surface area contributed by atoms with Crippen LogP contribution in [0.1, 0.15) is 18.4 Å². The van der Waals surface area contributed by atoms with Crippen LogP contribution in [-0.4, -0.2) is 44.2 Å². The quantitative estimate of drug-likeness (QED) is 0.535. The first-order valence-corrected chi connectivity index (χ1v) is 11.3. The maximum atomic E-state index is 12.9. The van der Waals surface area contributed by atoms with E-state index in [1.807, 2.05) is 0 Å². The molecular weight excluding hydrogens is 453 g/mol. The van der Waals surface area contributed by atoms with Crippen molar-refractivity contribution in [3.05, 3.63) is 52.0 Å². The number of fused-ring (bicyclic) bond motifs is 1. The van der Waals surface area contributed by atoms with Crippen molar-refractivity contribution < 1.29 is 22.7 Å². The third-order valence-corrected chi connectivity index (χ3v) is 7.30. The van der Waals surface area contributed by atoms with Gasteiger partial charge in [0.15, 0.2) is 11.5 Å². The topological polar surface area (TPSA) is 97.3 Å². The number of carbonyl (C=O) groups excluding carboxylic acids is 1. The Hall–Kier alpha value is -2.33. The molecule has 4 rings (SSSR count). The number of ether oxygens (including phenoxy) is 2. The van der Waals surface area contributed by atoms with Gasteiger partial charge in [-0.05, 0) is 43.2 Å². The second-order valence-electron chi connectivity index (χ2n) is 6.69. The number of hydrazone groups is 1. The normalized spacial score (nSPS) is 18.8. The number of amides is 1. The summed E-state index contributed by atoms with van der Waals surface area (Å²) in [6, 6.07) is 8.24. The van der Waals surface area contributed by atoms with Gasteiger partial charge in [-0.1, -0.05) is 23.2 Å². The molecule has 2 aromatic carbocycles. The standard InChI is InChI=1S/C19H17Cl2N3O5S/c20-13-3-5-14(6-4-13)30(26,27)24-7-1-2-16(24)19(25)23-22-10-12-8-17-18(9-15(12)21)29-11-28-17/h3-6,8-10,16H,1-2,7,11H2,(H,23,25)/b22-10-/t16-/m1/s1. The number of hydrogen-bond acceptors (Lipinski definition) is 6. The van der Waals surface area contributed by atoms with E-state index < -0.39 is 22.0 Å². The Balaban J connectivity index is 1.46. The average molecular weight is 470 g/mol. The van der Waals surface area contributed by atoms with Gasteiger partial charge in [0.25, 0.3) is 5.91 Å². The molecule has 0 bridgehead atoms. The minimum absolute atomic E-state index is 0.0854. The molecule has 2 aromatic rings. The molecule has 1 amide bonds. The van der Waals surface area contributed by atoms with E-state index in [9.17, 15) is 13.2 Å². The highest BCUT2D eigenvalue weighted by molar-refractivity contribution is 7.89. The summed E-state index contributed by atoms with van der Waals surface area (Å²) >= 11 is 12.0.